The summed E-state index contributed by atoms with van der Waals surface area (Å²) in [6.07, 6.45) is 0. The van der Waals surface area contributed by atoms with Gasteiger partial charge in [-0.1, -0.05) is 70.4 Å². The molecule has 0 fully saturated rings. The second kappa shape index (κ2) is 9.38. The summed E-state index contributed by atoms with van der Waals surface area (Å²) in [6.45, 7) is 5.55. The largest absolute Gasteiger partial charge is 0.371 e. The maximum absolute atomic E-state index is 14.5. The zero-order valence-corrected chi connectivity index (χ0v) is 19.0. The number of nitrogens with zero attached hydrogens (tertiary/aromatic N) is 2. The van der Waals surface area contributed by atoms with E-state index in [0.29, 0.717) is 5.71 Å². The van der Waals surface area contributed by atoms with E-state index in [2.05, 4.69) is 10.3 Å². The number of aromatic nitrogens is 1. The van der Waals surface area contributed by atoms with Gasteiger partial charge in [0.25, 0.3) is 0 Å². The summed E-state index contributed by atoms with van der Waals surface area (Å²) in [5, 5.41) is 8.13. The number of hydrogen-bond donors (Lipinski definition) is 0. The molecule has 5 nitrogen and oxygen atoms in total. The summed E-state index contributed by atoms with van der Waals surface area (Å²) in [5.74, 6) is -1.30. The van der Waals surface area contributed by atoms with E-state index in [9.17, 15) is 9.18 Å². The first kappa shape index (κ1) is 22.4. The van der Waals surface area contributed by atoms with Crippen LogP contribution in [0.2, 0.25) is 5.02 Å². The number of benzene rings is 3. The smallest absolute Gasteiger partial charge is 0.360 e. The summed E-state index contributed by atoms with van der Waals surface area (Å²) in [4.78, 5) is 18.4. The van der Waals surface area contributed by atoms with Gasteiger partial charge in [0.05, 0.1) is 10.6 Å². The molecule has 0 radical (unpaired) electrons. The van der Waals surface area contributed by atoms with E-state index in [1.807, 2.05) is 62.4 Å². The van der Waals surface area contributed by atoms with Gasteiger partial charge in [0.15, 0.2) is 0 Å². The van der Waals surface area contributed by atoms with E-state index in [1.165, 1.54) is 25.1 Å². The van der Waals surface area contributed by atoms with Crippen molar-refractivity contribution in [2.24, 2.45) is 5.16 Å². The van der Waals surface area contributed by atoms with Crippen molar-refractivity contribution in [1.29, 1.82) is 0 Å². The molecule has 0 aliphatic carbocycles. The third-order valence-electron chi connectivity index (χ3n) is 5.31. The van der Waals surface area contributed by atoms with Gasteiger partial charge in [0.2, 0.25) is 0 Å². The summed E-state index contributed by atoms with van der Waals surface area (Å²) in [7, 11) is 0. The number of carbonyl (C=O) groups is 1. The number of halogens is 2. The standard InChI is InChI=1S/C26H20ClFN2O3/c1-15-12-13-19(14-16(15)2)24(18-8-5-4-6-9-18)29-33-26(31)22-17(3)32-30-25(22)23-20(27)10-7-11-21(23)28/h4-14H,1-3H3/b29-24+. The highest BCUT2D eigenvalue weighted by molar-refractivity contribution is 6.33. The molecule has 0 saturated carbocycles. The van der Waals surface area contributed by atoms with Crippen LogP contribution < -0.4 is 0 Å². The minimum absolute atomic E-state index is 0.0376. The molecule has 166 valence electrons. The van der Waals surface area contributed by atoms with Gasteiger partial charge in [-0.2, -0.15) is 0 Å². The second-order valence-electron chi connectivity index (χ2n) is 7.54. The highest BCUT2D eigenvalue weighted by atomic mass is 35.5. The number of rotatable bonds is 5. The van der Waals surface area contributed by atoms with Crippen LogP contribution in [0.15, 0.2) is 76.4 Å². The lowest BCUT2D eigenvalue weighted by Gasteiger charge is -2.09. The first-order chi connectivity index (χ1) is 15.9. The molecule has 33 heavy (non-hydrogen) atoms. The van der Waals surface area contributed by atoms with E-state index in [-0.39, 0.29) is 27.6 Å². The summed E-state index contributed by atoms with van der Waals surface area (Å²) in [5.41, 5.74) is 4.13. The van der Waals surface area contributed by atoms with Crippen LogP contribution in [0, 0.1) is 26.6 Å². The molecule has 0 amide bonds. The first-order valence-electron chi connectivity index (χ1n) is 10.2. The van der Waals surface area contributed by atoms with Crippen LogP contribution in [0.4, 0.5) is 4.39 Å². The molecule has 7 heteroatoms. The monoisotopic (exact) mass is 462 g/mol. The fraction of sp³-hybridized carbons (Fsp3) is 0.115. The van der Waals surface area contributed by atoms with Crippen molar-refractivity contribution < 1.29 is 18.5 Å². The predicted molar refractivity (Wildman–Crippen MR) is 125 cm³/mol. The van der Waals surface area contributed by atoms with Crippen LogP contribution in [-0.2, 0) is 4.84 Å². The summed E-state index contributed by atoms with van der Waals surface area (Å²) in [6, 6.07) is 19.4. The van der Waals surface area contributed by atoms with Crippen LogP contribution >= 0.6 is 11.6 Å². The number of hydrogen-bond acceptors (Lipinski definition) is 5. The average Bonchev–Trinajstić information content (AvgIpc) is 3.17. The average molecular weight is 463 g/mol. The summed E-state index contributed by atoms with van der Waals surface area (Å²) < 4.78 is 19.6. The molecule has 0 saturated heterocycles. The molecule has 4 aromatic rings. The molecule has 3 aromatic carbocycles. The van der Waals surface area contributed by atoms with Crippen molar-refractivity contribution in [1.82, 2.24) is 5.16 Å². The van der Waals surface area contributed by atoms with Gasteiger partial charge in [-0.05, 0) is 50.1 Å². The Bertz CT molecular complexity index is 1340. The Morgan fingerprint density at radius 2 is 1.73 bits per heavy atom. The lowest BCUT2D eigenvalue weighted by molar-refractivity contribution is 0.0516. The van der Waals surface area contributed by atoms with E-state index < -0.39 is 11.8 Å². The van der Waals surface area contributed by atoms with E-state index in [4.69, 9.17) is 21.0 Å². The maximum Gasteiger partial charge on any atom is 0.371 e. The van der Waals surface area contributed by atoms with Crippen molar-refractivity contribution in [2.45, 2.75) is 20.8 Å². The summed E-state index contributed by atoms with van der Waals surface area (Å²) >= 11 is 6.16. The Morgan fingerprint density at radius 3 is 2.42 bits per heavy atom. The molecular weight excluding hydrogens is 443 g/mol. The third kappa shape index (κ3) is 4.56. The zero-order valence-electron chi connectivity index (χ0n) is 18.2. The lowest BCUT2D eigenvalue weighted by Crippen LogP contribution is -2.09. The molecule has 0 atom stereocenters. The molecular formula is C26H20ClFN2O3. The number of carbonyl (C=O) groups excluding carboxylic acids is 1. The van der Waals surface area contributed by atoms with Crippen LogP contribution in [0.25, 0.3) is 11.3 Å². The van der Waals surface area contributed by atoms with Crippen molar-refractivity contribution >= 4 is 23.3 Å². The Morgan fingerprint density at radius 1 is 0.970 bits per heavy atom. The Labute approximate surface area is 195 Å². The Balaban J connectivity index is 1.75. The van der Waals surface area contributed by atoms with Crippen molar-refractivity contribution in [3.8, 4) is 11.3 Å². The number of aryl methyl sites for hydroxylation is 3. The molecule has 0 aliphatic rings. The SMILES string of the molecule is Cc1ccc(/C(=N/OC(=O)c2c(-c3c(F)cccc3Cl)noc2C)c2ccccc2)cc1C. The van der Waals surface area contributed by atoms with Gasteiger partial charge < -0.3 is 9.36 Å². The fourth-order valence-corrected chi connectivity index (χ4v) is 3.65. The third-order valence-corrected chi connectivity index (χ3v) is 5.63. The topological polar surface area (TPSA) is 64.7 Å². The molecule has 0 unspecified atom stereocenters. The normalized spacial score (nSPS) is 11.5. The molecule has 1 aromatic heterocycles. The second-order valence-corrected chi connectivity index (χ2v) is 7.95. The molecule has 0 bridgehead atoms. The van der Waals surface area contributed by atoms with Gasteiger partial charge in [-0.25, -0.2) is 9.18 Å². The van der Waals surface area contributed by atoms with Gasteiger partial charge in [0.1, 0.15) is 28.5 Å². The first-order valence-corrected chi connectivity index (χ1v) is 10.6. The lowest BCUT2D eigenvalue weighted by atomic mass is 9.99. The molecule has 0 spiro atoms. The van der Waals surface area contributed by atoms with Crippen LogP contribution in [0.1, 0.15) is 38.4 Å². The Kier molecular flexibility index (Phi) is 6.38. The van der Waals surface area contributed by atoms with E-state index in [0.717, 1.165) is 22.3 Å². The highest BCUT2D eigenvalue weighted by Crippen LogP contribution is 2.33. The van der Waals surface area contributed by atoms with Crippen molar-refractivity contribution in [3.63, 3.8) is 0 Å². The van der Waals surface area contributed by atoms with E-state index >= 15 is 0 Å². The fourth-order valence-electron chi connectivity index (χ4n) is 3.40. The minimum atomic E-state index is -0.833. The van der Waals surface area contributed by atoms with Crippen LogP contribution in [0.5, 0.6) is 0 Å². The highest BCUT2D eigenvalue weighted by Gasteiger charge is 2.27. The predicted octanol–water partition coefficient (Wildman–Crippen LogP) is 6.67. The van der Waals surface area contributed by atoms with Gasteiger partial charge in [-0.3, -0.25) is 0 Å². The molecule has 0 N–H and O–H groups in total. The van der Waals surface area contributed by atoms with E-state index in [1.54, 1.807) is 0 Å². The van der Waals surface area contributed by atoms with Crippen LogP contribution in [0.3, 0.4) is 0 Å². The molecule has 0 aliphatic heterocycles. The molecule has 4 rings (SSSR count). The van der Waals surface area contributed by atoms with Gasteiger partial charge >= 0.3 is 5.97 Å². The van der Waals surface area contributed by atoms with Crippen LogP contribution in [-0.4, -0.2) is 16.8 Å². The van der Waals surface area contributed by atoms with Crippen molar-refractivity contribution in [3.05, 3.63) is 111 Å². The Hall–Kier alpha value is -3.77. The maximum atomic E-state index is 14.5. The van der Waals surface area contributed by atoms with Crippen molar-refractivity contribution in [2.75, 3.05) is 0 Å². The number of oxime groups is 1. The minimum Gasteiger partial charge on any atom is -0.360 e. The van der Waals surface area contributed by atoms with Gasteiger partial charge in [-0.15, -0.1) is 0 Å². The zero-order chi connectivity index (χ0) is 23.5. The van der Waals surface area contributed by atoms with Gasteiger partial charge in [0, 0.05) is 11.1 Å². The molecule has 1 heterocycles. The quantitative estimate of drug-likeness (QED) is 0.189.